The van der Waals surface area contributed by atoms with E-state index in [9.17, 15) is 0 Å². The molecule has 0 radical (unpaired) electrons. The van der Waals surface area contributed by atoms with Crippen LogP contribution < -0.4 is 14.8 Å². The van der Waals surface area contributed by atoms with E-state index < -0.39 is 0 Å². The second-order valence-electron chi connectivity index (χ2n) is 4.62. The van der Waals surface area contributed by atoms with Crippen LogP contribution in [-0.4, -0.2) is 19.3 Å². The Kier molecular flexibility index (Phi) is 4.48. The van der Waals surface area contributed by atoms with Crippen LogP contribution in [0.3, 0.4) is 0 Å². The number of likely N-dealkylation sites (N-methyl/N-ethyl adjacent to an activating group) is 1. The molecule has 0 aromatic heterocycles. The van der Waals surface area contributed by atoms with E-state index in [2.05, 4.69) is 38.2 Å². The van der Waals surface area contributed by atoms with E-state index in [1.54, 1.807) is 0 Å². The molecule has 1 aliphatic rings. The molecule has 1 N–H and O–H groups in total. The van der Waals surface area contributed by atoms with Gasteiger partial charge >= 0.3 is 0 Å². The number of rotatable bonds is 6. The number of para-hydroxylation sites is 1. The predicted octanol–water partition coefficient (Wildman–Crippen LogP) is 3.30. The molecule has 1 aromatic rings. The molecule has 2 rings (SSSR count). The van der Waals surface area contributed by atoms with Crippen LogP contribution in [0.5, 0.6) is 11.5 Å². The van der Waals surface area contributed by atoms with Crippen molar-refractivity contribution >= 4 is 0 Å². The van der Waals surface area contributed by atoms with E-state index in [4.69, 9.17) is 9.47 Å². The molecule has 1 aliphatic heterocycles. The Balaban J connectivity index is 2.26. The first kappa shape index (κ1) is 13.2. The first-order valence-electron chi connectivity index (χ1n) is 6.97. The molecule has 0 spiro atoms. The van der Waals surface area contributed by atoms with Crippen molar-refractivity contribution in [2.24, 2.45) is 0 Å². The summed E-state index contributed by atoms with van der Waals surface area (Å²) in [7, 11) is 0. The number of ether oxygens (including phenoxy) is 2. The summed E-state index contributed by atoms with van der Waals surface area (Å²) in [6, 6.07) is 6.47. The smallest absolute Gasteiger partial charge is 0.166 e. The van der Waals surface area contributed by atoms with Gasteiger partial charge in [-0.2, -0.15) is 0 Å². The lowest BCUT2D eigenvalue weighted by molar-refractivity contribution is 0.178. The summed E-state index contributed by atoms with van der Waals surface area (Å²) in [5, 5.41) is 3.50. The largest absolute Gasteiger partial charge is 0.490 e. The van der Waals surface area contributed by atoms with Crippen LogP contribution in [-0.2, 0) is 0 Å². The van der Waals surface area contributed by atoms with E-state index in [-0.39, 0.29) is 6.10 Å². The minimum atomic E-state index is 0.214. The fourth-order valence-electron chi connectivity index (χ4n) is 2.43. The molecule has 3 heteroatoms. The zero-order valence-corrected chi connectivity index (χ0v) is 11.5. The van der Waals surface area contributed by atoms with E-state index >= 15 is 0 Å². The number of benzene rings is 1. The van der Waals surface area contributed by atoms with Crippen molar-refractivity contribution in [1.29, 1.82) is 0 Å². The van der Waals surface area contributed by atoms with E-state index in [1.165, 1.54) is 5.56 Å². The average Bonchev–Trinajstić information content (AvgIpc) is 2.76. The maximum absolute atomic E-state index is 6.06. The van der Waals surface area contributed by atoms with Crippen LogP contribution in [0.25, 0.3) is 0 Å². The molecule has 1 aromatic carbocycles. The number of hydrogen-bond acceptors (Lipinski definition) is 3. The normalized spacial score (nSPS) is 21.5. The Morgan fingerprint density at radius 1 is 1.28 bits per heavy atom. The van der Waals surface area contributed by atoms with Crippen molar-refractivity contribution in [2.75, 3.05) is 13.2 Å². The highest BCUT2D eigenvalue weighted by atomic mass is 16.5. The van der Waals surface area contributed by atoms with Gasteiger partial charge in [-0.15, -0.1) is 0 Å². The van der Waals surface area contributed by atoms with Crippen molar-refractivity contribution in [3.8, 4) is 11.5 Å². The number of nitrogens with one attached hydrogen (secondary N) is 1. The van der Waals surface area contributed by atoms with Crippen molar-refractivity contribution in [1.82, 2.24) is 5.32 Å². The van der Waals surface area contributed by atoms with Gasteiger partial charge in [0.15, 0.2) is 11.5 Å². The Labute approximate surface area is 109 Å². The lowest BCUT2D eigenvalue weighted by Crippen LogP contribution is -2.30. The summed E-state index contributed by atoms with van der Waals surface area (Å²) in [5.41, 5.74) is 1.23. The van der Waals surface area contributed by atoms with Gasteiger partial charge in [0.05, 0.1) is 12.6 Å². The zero-order valence-electron chi connectivity index (χ0n) is 11.5. The predicted molar refractivity (Wildman–Crippen MR) is 73.4 cm³/mol. The molecule has 0 fully saturated rings. The third kappa shape index (κ3) is 2.46. The lowest BCUT2D eigenvalue weighted by atomic mass is 10.0. The molecule has 0 bridgehead atoms. The van der Waals surface area contributed by atoms with E-state index in [0.717, 1.165) is 37.5 Å². The van der Waals surface area contributed by atoms with E-state index in [0.29, 0.717) is 6.04 Å². The number of fused-ring (bicyclic) bond motifs is 1. The summed E-state index contributed by atoms with van der Waals surface area (Å²) in [6.45, 7) is 8.09. The molecule has 0 aliphatic carbocycles. The summed E-state index contributed by atoms with van der Waals surface area (Å²) in [4.78, 5) is 0. The second-order valence-corrected chi connectivity index (χ2v) is 4.62. The summed E-state index contributed by atoms with van der Waals surface area (Å²) in [5.74, 6) is 1.82. The van der Waals surface area contributed by atoms with Crippen molar-refractivity contribution < 1.29 is 9.47 Å². The van der Waals surface area contributed by atoms with Crippen LogP contribution in [0.15, 0.2) is 18.2 Å². The van der Waals surface area contributed by atoms with Gasteiger partial charge in [-0.05, 0) is 25.5 Å². The second kappa shape index (κ2) is 6.10. The van der Waals surface area contributed by atoms with Crippen LogP contribution >= 0.6 is 0 Å². The van der Waals surface area contributed by atoms with Gasteiger partial charge in [-0.3, -0.25) is 0 Å². The van der Waals surface area contributed by atoms with Crippen molar-refractivity contribution in [2.45, 2.75) is 45.8 Å². The third-order valence-corrected chi connectivity index (χ3v) is 3.27. The van der Waals surface area contributed by atoms with Crippen molar-refractivity contribution in [3.05, 3.63) is 23.8 Å². The Morgan fingerprint density at radius 2 is 2.11 bits per heavy atom. The Bertz CT molecular complexity index is 392. The summed E-state index contributed by atoms with van der Waals surface area (Å²) < 4.78 is 11.8. The summed E-state index contributed by atoms with van der Waals surface area (Å²) in [6.07, 6.45) is 2.23. The van der Waals surface area contributed by atoms with Crippen LogP contribution in [0.2, 0.25) is 0 Å². The quantitative estimate of drug-likeness (QED) is 0.839. The lowest BCUT2D eigenvalue weighted by Gasteiger charge is -2.17. The van der Waals surface area contributed by atoms with Gasteiger partial charge in [0.25, 0.3) is 0 Å². The molecule has 0 saturated carbocycles. The minimum Gasteiger partial charge on any atom is -0.490 e. The monoisotopic (exact) mass is 249 g/mol. The molecule has 2 atom stereocenters. The molecule has 18 heavy (non-hydrogen) atoms. The van der Waals surface area contributed by atoms with Crippen LogP contribution in [0, 0.1) is 0 Å². The maximum Gasteiger partial charge on any atom is 0.166 e. The summed E-state index contributed by atoms with van der Waals surface area (Å²) >= 11 is 0. The highest BCUT2D eigenvalue weighted by Crippen LogP contribution is 2.44. The molecular weight excluding hydrogens is 226 g/mol. The minimum absolute atomic E-state index is 0.214. The Hall–Kier alpha value is -1.22. The van der Waals surface area contributed by atoms with Gasteiger partial charge in [0.1, 0.15) is 6.10 Å². The molecule has 0 saturated heterocycles. The van der Waals surface area contributed by atoms with Crippen LogP contribution in [0.4, 0.5) is 0 Å². The standard InChI is InChI=1S/C15H23NO2/c1-4-10-17-13-9-7-8-11-14(16-6-3)12(5-2)18-15(11)13/h7-9,12,14,16H,4-6,10H2,1-3H3. The Morgan fingerprint density at radius 3 is 2.78 bits per heavy atom. The van der Waals surface area contributed by atoms with E-state index in [1.807, 2.05) is 6.07 Å². The molecule has 100 valence electrons. The average molecular weight is 249 g/mol. The fraction of sp³-hybridized carbons (Fsp3) is 0.600. The molecule has 0 amide bonds. The highest BCUT2D eigenvalue weighted by Gasteiger charge is 2.34. The number of hydrogen-bond donors (Lipinski definition) is 1. The van der Waals surface area contributed by atoms with Gasteiger partial charge in [-0.25, -0.2) is 0 Å². The van der Waals surface area contributed by atoms with Gasteiger partial charge in [0.2, 0.25) is 0 Å². The SMILES string of the molecule is CCCOc1cccc2c1OC(CC)C2NCC. The molecule has 3 nitrogen and oxygen atoms in total. The molecular formula is C15H23NO2. The molecule has 2 unspecified atom stereocenters. The third-order valence-electron chi connectivity index (χ3n) is 3.27. The van der Waals surface area contributed by atoms with Gasteiger partial charge < -0.3 is 14.8 Å². The molecule has 1 heterocycles. The first-order valence-corrected chi connectivity index (χ1v) is 6.97. The fourth-order valence-corrected chi connectivity index (χ4v) is 2.43. The van der Waals surface area contributed by atoms with Gasteiger partial charge in [-0.1, -0.05) is 32.9 Å². The first-order chi connectivity index (χ1) is 8.81. The highest BCUT2D eigenvalue weighted by molar-refractivity contribution is 5.51. The maximum atomic E-state index is 6.06. The van der Waals surface area contributed by atoms with Gasteiger partial charge in [0, 0.05) is 5.56 Å². The van der Waals surface area contributed by atoms with Crippen LogP contribution in [0.1, 0.15) is 45.2 Å². The topological polar surface area (TPSA) is 30.5 Å². The zero-order chi connectivity index (χ0) is 13.0. The van der Waals surface area contributed by atoms with Crippen molar-refractivity contribution in [3.63, 3.8) is 0 Å².